The lowest BCUT2D eigenvalue weighted by Crippen LogP contribution is -2.31. The van der Waals surface area contributed by atoms with Crippen LogP contribution >= 0.6 is 0 Å². The van der Waals surface area contributed by atoms with E-state index < -0.39 is 10.0 Å². The van der Waals surface area contributed by atoms with Crippen molar-refractivity contribution in [1.29, 1.82) is 0 Å². The van der Waals surface area contributed by atoms with Crippen molar-refractivity contribution < 1.29 is 8.42 Å². The molecule has 2 heterocycles. The number of pyridine rings is 1. The molecule has 0 saturated carbocycles. The van der Waals surface area contributed by atoms with Gasteiger partial charge in [-0.2, -0.15) is 9.40 Å². The lowest BCUT2D eigenvalue weighted by molar-refractivity contribution is 0.419. The SMILES string of the molecule is CCN(Cc1ccccn1)S(=O)(=O)c1cn[nH]c1N. The smallest absolute Gasteiger partial charge is 0.248 e. The molecule has 0 bridgehead atoms. The van der Waals surface area contributed by atoms with E-state index in [1.165, 1.54) is 10.5 Å². The van der Waals surface area contributed by atoms with E-state index in [0.717, 1.165) is 0 Å². The molecule has 3 N–H and O–H groups in total. The second kappa shape index (κ2) is 5.37. The van der Waals surface area contributed by atoms with Crippen molar-refractivity contribution in [2.75, 3.05) is 12.3 Å². The van der Waals surface area contributed by atoms with Gasteiger partial charge in [0.25, 0.3) is 0 Å². The van der Waals surface area contributed by atoms with Gasteiger partial charge in [-0.25, -0.2) is 8.42 Å². The van der Waals surface area contributed by atoms with Gasteiger partial charge in [-0.3, -0.25) is 10.1 Å². The van der Waals surface area contributed by atoms with Crippen LogP contribution in [0.15, 0.2) is 35.5 Å². The number of rotatable bonds is 5. The minimum atomic E-state index is -3.66. The fourth-order valence-corrected chi connectivity index (χ4v) is 3.10. The maximum Gasteiger partial charge on any atom is 0.248 e. The van der Waals surface area contributed by atoms with Crippen molar-refractivity contribution in [2.24, 2.45) is 0 Å². The second-order valence-corrected chi connectivity index (χ2v) is 5.81. The first-order chi connectivity index (χ1) is 9.05. The quantitative estimate of drug-likeness (QED) is 0.835. The molecule has 2 rings (SSSR count). The Morgan fingerprint density at radius 1 is 1.42 bits per heavy atom. The molecule has 2 aromatic rings. The van der Waals surface area contributed by atoms with Gasteiger partial charge in [0, 0.05) is 12.7 Å². The average Bonchev–Trinajstić information content (AvgIpc) is 2.84. The van der Waals surface area contributed by atoms with Crippen LogP contribution in [-0.4, -0.2) is 34.4 Å². The van der Waals surface area contributed by atoms with E-state index >= 15 is 0 Å². The van der Waals surface area contributed by atoms with E-state index in [1.54, 1.807) is 25.3 Å². The Hall–Kier alpha value is -1.93. The second-order valence-electron chi connectivity index (χ2n) is 3.90. The lowest BCUT2D eigenvalue weighted by Gasteiger charge is -2.19. The molecule has 0 radical (unpaired) electrons. The summed E-state index contributed by atoms with van der Waals surface area (Å²) in [7, 11) is -3.66. The van der Waals surface area contributed by atoms with Gasteiger partial charge in [-0.1, -0.05) is 13.0 Å². The predicted molar refractivity (Wildman–Crippen MR) is 70.5 cm³/mol. The van der Waals surface area contributed by atoms with Crippen LogP contribution in [0.1, 0.15) is 12.6 Å². The molecular weight excluding hydrogens is 266 g/mol. The first-order valence-corrected chi connectivity index (χ1v) is 7.18. The van der Waals surface area contributed by atoms with Crippen molar-refractivity contribution in [3.05, 3.63) is 36.3 Å². The number of nitrogen functional groups attached to an aromatic ring is 1. The lowest BCUT2D eigenvalue weighted by atomic mass is 10.3. The highest BCUT2D eigenvalue weighted by Gasteiger charge is 2.27. The normalized spacial score (nSPS) is 11.9. The summed E-state index contributed by atoms with van der Waals surface area (Å²) in [6, 6.07) is 5.37. The Kier molecular flexibility index (Phi) is 3.82. The van der Waals surface area contributed by atoms with Crippen LogP contribution < -0.4 is 5.73 Å². The predicted octanol–water partition coefficient (Wildman–Crippen LogP) is 0.598. The molecule has 7 nitrogen and oxygen atoms in total. The number of H-pyrrole nitrogens is 1. The van der Waals surface area contributed by atoms with Crippen molar-refractivity contribution in [3.8, 4) is 0 Å². The number of aromatic nitrogens is 3. The zero-order valence-electron chi connectivity index (χ0n) is 10.4. The zero-order valence-corrected chi connectivity index (χ0v) is 11.3. The Morgan fingerprint density at radius 2 is 2.21 bits per heavy atom. The van der Waals surface area contributed by atoms with Crippen LogP contribution in [0.4, 0.5) is 5.82 Å². The van der Waals surface area contributed by atoms with Crippen molar-refractivity contribution in [2.45, 2.75) is 18.4 Å². The molecule has 8 heteroatoms. The summed E-state index contributed by atoms with van der Waals surface area (Å²) in [6.07, 6.45) is 2.84. The van der Waals surface area contributed by atoms with Gasteiger partial charge in [0.2, 0.25) is 10.0 Å². The van der Waals surface area contributed by atoms with Gasteiger partial charge >= 0.3 is 0 Å². The Labute approximate surface area is 111 Å². The van der Waals surface area contributed by atoms with Gasteiger partial charge in [0.15, 0.2) is 0 Å². The molecular formula is C11H15N5O2S. The van der Waals surface area contributed by atoms with Crippen LogP contribution in [-0.2, 0) is 16.6 Å². The molecule has 19 heavy (non-hydrogen) atoms. The molecule has 0 fully saturated rings. The molecule has 0 saturated heterocycles. The summed E-state index contributed by atoms with van der Waals surface area (Å²) in [5, 5.41) is 6.06. The number of hydrogen-bond acceptors (Lipinski definition) is 5. The Balaban J connectivity index is 2.30. The Bertz CT molecular complexity index is 638. The maximum absolute atomic E-state index is 12.4. The molecule has 0 amide bonds. The molecule has 2 aromatic heterocycles. The third kappa shape index (κ3) is 2.74. The topological polar surface area (TPSA) is 105 Å². The summed E-state index contributed by atoms with van der Waals surface area (Å²) in [5.74, 6) is 0.0412. The summed E-state index contributed by atoms with van der Waals surface area (Å²) in [6.45, 7) is 2.28. The maximum atomic E-state index is 12.4. The van der Waals surface area contributed by atoms with E-state index in [-0.39, 0.29) is 17.3 Å². The Morgan fingerprint density at radius 3 is 2.74 bits per heavy atom. The molecule has 0 unspecified atom stereocenters. The molecule has 0 aromatic carbocycles. The minimum absolute atomic E-state index is 0.00900. The number of anilines is 1. The molecule has 102 valence electrons. The molecule has 0 atom stereocenters. The summed E-state index contributed by atoms with van der Waals surface area (Å²) in [5.41, 5.74) is 6.25. The number of aromatic amines is 1. The van der Waals surface area contributed by atoms with E-state index in [0.29, 0.717) is 12.2 Å². The highest BCUT2D eigenvalue weighted by molar-refractivity contribution is 7.89. The van der Waals surface area contributed by atoms with Crippen molar-refractivity contribution in [3.63, 3.8) is 0 Å². The fraction of sp³-hybridized carbons (Fsp3) is 0.273. The minimum Gasteiger partial charge on any atom is -0.383 e. The number of nitrogens with two attached hydrogens (primary N) is 1. The van der Waals surface area contributed by atoms with Gasteiger partial charge in [0.1, 0.15) is 10.7 Å². The van der Waals surface area contributed by atoms with Crippen LogP contribution in [0.3, 0.4) is 0 Å². The summed E-state index contributed by atoms with van der Waals surface area (Å²) < 4.78 is 26.1. The van der Waals surface area contributed by atoms with Crippen molar-refractivity contribution in [1.82, 2.24) is 19.5 Å². The fourth-order valence-electron chi connectivity index (χ4n) is 1.67. The van der Waals surface area contributed by atoms with Gasteiger partial charge in [-0.05, 0) is 12.1 Å². The van der Waals surface area contributed by atoms with Crippen molar-refractivity contribution >= 4 is 15.8 Å². The standard InChI is InChI=1S/C11H15N5O2S/c1-2-16(8-9-5-3-4-6-13-9)19(17,18)10-7-14-15-11(10)12/h3-7H,2,8H2,1H3,(H3,12,14,15). The monoisotopic (exact) mass is 281 g/mol. The number of sulfonamides is 1. The number of nitrogens with one attached hydrogen (secondary N) is 1. The highest BCUT2D eigenvalue weighted by atomic mass is 32.2. The molecule has 0 aliphatic heterocycles. The van der Waals surface area contributed by atoms with Gasteiger partial charge in [0.05, 0.1) is 18.4 Å². The number of hydrogen-bond donors (Lipinski definition) is 2. The molecule has 0 aliphatic carbocycles. The van der Waals surface area contributed by atoms with Crippen LogP contribution in [0.2, 0.25) is 0 Å². The third-order valence-electron chi connectivity index (χ3n) is 2.67. The summed E-state index contributed by atoms with van der Waals surface area (Å²) >= 11 is 0. The van der Waals surface area contributed by atoms with Gasteiger partial charge in [-0.15, -0.1) is 0 Å². The van der Waals surface area contributed by atoms with Crippen LogP contribution in [0.5, 0.6) is 0 Å². The largest absolute Gasteiger partial charge is 0.383 e. The molecule has 0 aliphatic rings. The van der Waals surface area contributed by atoms with Crippen LogP contribution in [0.25, 0.3) is 0 Å². The molecule has 0 spiro atoms. The van der Waals surface area contributed by atoms with Crippen LogP contribution in [0, 0.1) is 0 Å². The average molecular weight is 281 g/mol. The zero-order chi connectivity index (χ0) is 13.9. The van der Waals surface area contributed by atoms with E-state index in [2.05, 4.69) is 15.2 Å². The number of nitrogens with zero attached hydrogens (tertiary/aromatic N) is 3. The van der Waals surface area contributed by atoms with E-state index in [9.17, 15) is 8.42 Å². The first-order valence-electron chi connectivity index (χ1n) is 5.74. The summed E-state index contributed by atoms with van der Waals surface area (Å²) in [4.78, 5) is 4.11. The van der Waals surface area contributed by atoms with Gasteiger partial charge < -0.3 is 5.73 Å². The highest BCUT2D eigenvalue weighted by Crippen LogP contribution is 2.20. The first kappa shape index (κ1) is 13.5. The van der Waals surface area contributed by atoms with E-state index in [1.807, 2.05) is 6.07 Å². The third-order valence-corrected chi connectivity index (χ3v) is 4.62. The van der Waals surface area contributed by atoms with E-state index in [4.69, 9.17) is 5.73 Å².